The molecule has 0 fully saturated rings. The maximum Gasteiger partial charge on any atom is 0.188 e. The normalized spacial score (nSPS) is 20.3. The summed E-state index contributed by atoms with van der Waals surface area (Å²) in [6, 6.07) is 12.8. The number of methoxy groups -OCH3 is 1. The molecule has 0 saturated heterocycles. The summed E-state index contributed by atoms with van der Waals surface area (Å²) in [7, 11) is 2.05. The molecule has 4 unspecified atom stereocenters. The van der Waals surface area contributed by atoms with E-state index in [-0.39, 0.29) is 6.79 Å². The van der Waals surface area contributed by atoms with Crippen LogP contribution in [0.15, 0.2) is 85.0 Å². The van der Waals surface area contributed by atoms with Gasteiger partial charge in [0.15, 0.2) is 6.79 Å². The third kappa shape index (κ3) is 6.57. The molecule has 34 heavy (non-hydrogen) atoms. The highest BCUT2D eigenvalue weighted by atomic mass is 31.1. The predicted octanol–water partition coefficient (Wildman–Crippen LogP) is 5.70. The molecule has 2 aliphatic carbocycles. The topological polar surface area (TPSA) is 38.7 Å². The van der Waals surface area contributed by atoms with E-state index in [1.54, 1.807) is 7.11 Å². The Labute approximate surface area is 205 Å². The van der Waals surface area contributed by atoms with Crippen LogP contribution in [0.2, 0.25) is 0 Å². The van der Waals surface area contributed by atoms with E-state index in [0.29, 0.717) is 20.4 Å². The van der Waals surface area contributed by atoms with Crippen molar-refractivity contribution >= 4 is 19.2 Å². The molecular weight excluding hydrogens is 439 g/mol. The lowest BCUT2D eigenvalue weighted by Gasteiger charge is -2.22. The van der Waals surface area contributed by atoms with Gasteiger partial charge in [0.2, 0.25) is 0 Å². The SMILES string of the molecule is COCOc1c(CC2C=CC=CC2)cc(CC2C=CC=CC2)cc1Pc1ccccc1C(C)O. The van der Waals surface area contributed by atoms with Crippen LogP contribution in [-0.4, -0.2) is 19.0 Å². The van der Waals surface area contributed by atoms with Crippen LogP contribution in [0.25, 0.3) is 0 Å². The average Bonchev–Trinajstić information content (AvgIpc) is 2.85. The standard InChI is InChI=1S/C30H35O3P/c1-22(31)27-15-9-10-16-28(27)34-29-20-25(17-23-11-5-3-6-12-23)19-26(30(29)33-21-32-2)18-24-13-7-4-8-14-24/h3-11,13,15-16,19-20,22-24,31,34H,12,14,17-18,21H2,1-2H3. The molecular formula is C30H35O3P. The van der Waals surface area contributed by atoms with Crippen molar-refractivity contribution in [3.8, 4) is 5.75 Å². The summed E-state index contributed by atoms with van der Waals surface area (Å²) in [5.41, 5.74) is 3.56. The van der Waals surface area contributed by atoms with Gasteiger partial charge in [0, 0.05) is 12.4 Å². The van der Waals surface area contributed by atoms with Crippen molar-refractivity contribution in [2.45, 2.75) is 38.7 Å². The summed E-state index contributed by atoms with van der Waals surface area (Å²) >= 11 is 0. The van der Waals surface area contributed by atoms with Gasteiger partial charge >= 0.3 is 0 Å². The predicted molar refractivity (Wildman–Crippen MR) is 144 cm³/mol. The largest absolute Gasteiger partial charge is 0.467 e. The van der Waals surface area contributed by atoms with Gasteiger partial charge in [-0.15, -0.1) is 0 Å². The lowest BCUT2D eigenvalue weighted by atomic mass is 9.89. The monoisotopic (exact) mass is 474 g/mol. The number of ether oxygens (including phenoxy) is 2. The molecule has 0 heterocycles. The quantitative estimate of drug-likeness (QED) is 0.355. The van der Waals surface area contributed by atoms with Crippen LogP contribution in [0.3, 0.4) is 0 Å². The highest BCUT2D eigenvalue weighted by Gasteiger charge is 2.19. The molecule has 0 aromatic heterocycles. The van der Waals surface area contributed by atoms with Gasteiger partial charge in [0.05, 0.1) is 6.10 Å². The Morgan fingerprint density at radius 1 is 0.941 bits per heavy atom. The second kappa shape index (κ2) is 12.3. The van der Waals surface area contributed by atoms with Gasteiger partial charge in [0.1, 0.15) is 5.75 Å². The third-order valence-electron chi connectivity index (χ3n) is 6.35. The second-order valence-corrected chi connectivity index (χ2v) is 10.4. The number of rotatable bonds is 10. The summed E-state index contributed by atoms with van der Waals surface area (Å²) in [4.78, 5) is 0. The van der Waals surface area contributed by atoms with E-state index in [1.165, 1.54) is 16.4 Å². The van der Waals surface area contributed by atoms with Crippen LogP contribution in [-0.2, 0) is 17.6 Å². The maximum absolute atomic E-state index is 10.4. The van der Waals surface area contributed by atoms with Crippen molar-refractivity contribution in [1.29, 1.82) is 0 Å². The zero-order valence-corrected chi connectivity index (χ0v) is 21.1. The summed E-state index contributed by atoms with van der Waals surface area (Å²) in [5, 5.41) is 12.7. The first-order valence-corrected chi connectivity index (χ1v) is 13.1. The second-order valence-electron chi connectivity index (χ2n) is 9.10. The average molecular weight is 475 g/mol. The zero-order chi connectivity index (χ0) is 23.8. The molecule has 3 nitrogen and oxygen atoms in total. The Morgan fingerprint density at radius 3 is 2.29 bits per heavy atom. The fourth-order valence-electron chi connectivity index (χ4n) is 4.68. The van der Waals surface area contributed by atoms with Crippen molar-refractivity contribution in [1.82, 2.24) is 0 Å². The smallest absolute Gasteiger partial charge is 0.188 e. The molecule has 1 N–H and O–H groups in total. The first-order valence-electron chi connectivity index (χ1n) is 12.1. The highest BCUT2D eigenvalue weighted by molar-refractivity contribution is 7.55. The first kappa shape index (κ1) is 24.7. The van der Waals surface area contributed by atoms with Gasteiger partial charge in [-0.25, -0.2) is 0 Å². The summed E-state index contributed by atoms with van der Waals surface area (Å²) in [6.45, 7) is 2.05. The van der Waals surface area contributed by atoms with E-state index in [9.17, 15) is 5.11 Å². The van der Waals surface area contributed by atoms with Crippen LogP contribution in [0.1, 0.15) is 42.6 Å². The van der Waals surface area contributed by atoms with Crippen LogP contribution in [0.5, 0.6) is 5.75 Å². The molecule has 0 amide bonds. The van der Waals surface area contributed by atoms with Gasteiger partial charge in [-0.1, -0.05) is 87.5 Å². The van der Waals surface area contributed by atoms with E-state index in [0.717, 1.165) is 42.3 Å². The van der Waals surface area contributed by atoms with Crippen LogP contribution >= 0.6 is 8.58 Å². The van der Waals surface area contributed by atoms with Gasteiger partial charge in [0.25, 0.3) is 0 Å². The molecule has 0 radical (unpaired) electrons. The molecule has 2 aliphatic rings. The van der Waals surface area contributed by atoms with Crippen molar-refractivity contribution < 1.29 is 14.6 Å². The Kier molecular flexibility index (Phi) is 8.93. The molecule has 4 rings (SSSR count). The van der Waals surface area contributed by atoms with E-state index in [2.05, 4.69) is 66.8 Å². The first-order chi connectivity index (χ1) is 16.6. The summed E-state index contributed by atoms with van der Waals surface area (Å²) < 4.78 is 11.5. The number of allylic oxidation sites excluding steroid dienone is 8. The Bertz CT molecular complexity index is 1080. The Hall–Kier alpha value is -2.45. The minimum Gasteiger partial charge on any atom is -0.467 e. The molecule has 2 aromatic carbocycles. The fourth-order valence-corrected chi connectivity index (χ4v) is 6.19. The van der Waals surface area contributed by atoms with Gasteiger partial charge in [-0.2, -0.15) is 0 Å². The lowest BCUT2D eigenvalue weighted by Crippen LogP contribution is -2.18. The Balaban J connectivity index is 1.73. The van der Waals surface area contributed by atoms with Crippen molar-refractivity contribution in [3.63, 3.8) is 0 Å². The summed E-state index contributed by atoms with van der Waals surface area (Å²) in [6.07, 6.45) is 21.2. The number of aliphatic hydroxyl groups excluding tert-OH is 1. The molecule has 0 bridgehead atoms. The molecule has 2 aromatic rings. The third-order valence-corrected chi connectivity index (χ3v) is 7.71. The minimum absolute atomic E-state index is 0.221. The molecule has 4 atom stereocenters. The highest BCUT2D eigenvalue weighted by Crippen LogP contribution is 2.32. The van der Waals surface area contributed by atoms with Crippen molar-refractivity contribution in [3.05, 3.63) is 102 Å². The van der Waals surface area contributed by atoms with Gasteiger partial charge < -0.3 is 14.6 Å². The number of benzene rings is 2. The van der Waals surface area contributed by atoms with E-state index in [4.69, 9.17) is 9.47 Å². The van der Waals surface area contributed by atoms with Crippen LogP contribution in [0, 0.1) is 11.8 Å². The minimum atomic E-state index is -0.506. The van der Waals surface area contributed by atoms with Crippen LogP contribution < -0.4 is 15.3 Å². The lowest BCUT2D eigenvalue weighted by molar-refractivity contribution is 0.0511. The van der Waals surface area contributed by atoms with E-state index >= 15 is 0 Å². The fraction of sp³-hybridized carbons (Fsp3) is 0.333. The molecule has 0 aliphatic heterocycles. The zero-order valence-electron chi connectivity index (χ0n) is 20.1. The maximum atomic E-state index is 10.4. The van der Waals surface area contributed by atoms with Crippen molar-refractivity contribution in [2.24, 2.45) is 11.8 Å². The Morgan fingerprint density at radius 2 is 1.65 bits per heavy atom. The van der Waals surface area contributed by atoms with Crippen LogP contribution in [0.4, 0.5) is 0 Å². The molecule has 178 valence electrons. The van der Waals surface area contributed by atoms with Gasteiger partial charge in [-0.3, -0.25) is 0 Å². The van der Waals surface area contributed by atoms with Gasteiger partial charge in [-0.05, 0) is 72.5 Å². The summed E-state index contributed by atoms with van der Waals surface area (Å²) in [5.74, 6) is 1.91. The van der Waals surface area contributed by atoms with Crippen molar-refractivity contribution in [2.75, 3.05) is 13.9 Å². The number of hydrogen-bond acceptors (Lipinski definition) is 3. The molecule has 0 spiro atoms. The number of hydrogen-bond donors (Lipinski definition) is 1. The van der Waals surface area contributed by atoms with E-state index < -0.39 is 6.10 Å². The number of aliphatic hydroxyl groups is 1. The molecule has 0 saturated carbocycles. The molecule has 4 heteroatoms. The van der Waals surface area contributed by atoms with E-state index in [1.807, 2.05) is 25.1 Å².